The standard InChI is InChI=1S/C14H19BrN2O/c15-12-4-1-3-11(9-12)6-7-14(18)17-8-2-5-13(16)10-17/h1,3-4,9,13H,2,5-8,10,16H2. The molecule has 1 fully saturated rings. The Labute approximate surface area is 116 Å². The summed E-state index contributed by atoms with van der Waals surface area (Å²) in [5.74, 6) is 0.227. The minimum absolute atomic E-state index is 0.161. The number of carbonyl (C=O) groups excluding carboxylic acids is 1. The first-order chi connectivity index (χ1) is 8.65. The van der Waals surface area contributed by atoms with Crippen LogP contribution in [0.4, 0.5) is 0 Å². The molecule has 0 aromatic heterocycles. The summed E-state index contributed by atoms with van der Waals surface area (Å²) in [6.07, 6.45) is 3.44. The minimum Gasteiger partial charge on any atom is -0.341 e. The van der Waals surface area contributed by atoms with Gasteiger partial charge in [-0.15, -0.1) is 0 Å². The highest BCUT2D eigenvalue weighted by atomic mass is 79.9. The van der Waals surface area contributed by atoms with Gasteiger partial charge in [0.1, 0.15) is 0 Å². The Hall–Kier alpha value is -0.870. The molecule has 1 aliphatic heterocycles. The van der Waals surface area contributed by atoms with Gasteiger partial charge in [0, 0.05) is 30.0 Å². The molecule has 18 heavy (non-hydrogen) atoms. The smallest absolute Gasteiger partial charge is 0.222 e. The lowest BCUT2D eigenvalue weighted by Crippen LogP contribution is -2.45. The number of nitrogens with two attached hydrogens (primary N) is 1. The number of hydrogen-bond acceptors (Lipinski definition) is 2. The molecule has 0 radical (unpaired) electrons. The van der Waals surface area contributed by atoms with Gasteiger partial charge in [-0.3, -0.25) is 4.79 Å². The molecule has 4 heteroatoms. The van der Waals surface area contributed by atoms with E-state index in [2.05, 4.69) is 28.1 Å². The molecule has 3 nitrogen and oxygen atoms in total. The van der Waals surface area contributed by atoms with Crippen LogP contribution >= 0.6 is 15.9 Å². The zero-order valence-electron chi connectivity index (χ0n) is 10.4. The van der Waals surface area contributed by atoms with Crippen molar-refractivity contribution in [2.75, 3.05) is 13.1 Å². The predicted molar refractivity (Wildman–Crippen MR) is 76.3 cm³/mol. The lowest BCUT2D eigenvalue weighted by Gasteiger charge is -2.30. The molecule has 2 N–H and O–H groups in total. The van der Waals surface area contributed by atoms with E-state index < -0.39 is 0 Å². The van der Waals surface area contributed by atoms with Crippen molar-refractivity contribution in [1.82, 2.24) is 4.90 Å². The van der Waals surface area contributed by atoms with Crippen LogP contribution in [0.1, 0.15) is 24.8 Å². The summed E-state index contributed by atoms with van der Waals surface area (Å²) in [4.78, 5) is 14.0. The second-order valence-electron chi connectivity index (χ2n) is 4.87. The second-order valence-corrected chi connectivity index (χ2v) is 5.79. The fraction of sp³-hybridized carbons (Fsp3) is 0.500. The van der Waals surface area contributed by atoms with Gasteiger partial charge in [0.25, 0.3) is 0 Å². The molecule has 1 saturated heterocycles. The number of halogens is 1. The third kappa shape index (κ3) is 3.82. The molecule has 98 valence electrons. The Morgan fingerprint density at radius 2 is 2.33 bits per heavy atom. The fourth-order valence-electron chi connectivity index (χ4n) is 2.34. The lowest BCUT2D eigenvalue weighted by atomic mass is 10.0. The van der Waals surface area contributed by atoms with Gasteiger partial charge in [0.2, 0.25) is 5.91 Å². The molecule has 1 aromatic carbocycles. The monoisotopic (exact) mass is 310 g/mol. The van der Waals surface area contributed by atoms with Crippen molar-refractivity contribution < 1.29 is 4.79 Å². The van der Waals surface area contributed by atoms with Crippen molar-refractivity contribution >= 4 is 21.8 Å². The number of benzene rings is 1. The summed E-state index contributed by atoms with van der Waals surface area (Å²) in [6, 6.07) is 8.28. The molecule has 1 atom stereocenters. The number of carbonyl (C=O) groups is 1. The number of likely N-dealkylation sites (tertiary alicyclic amines) is 1. The highest BCUT2D eigenvalue weighted by Gasteiger charge is 2.20. The Morgan fingerprint density at radius 3 is 3.06 bits per heavy atom. The SMILES string of the molecule is NC1CCCN(C(=O)CCc2cccc(Br)c2)C1. The van der Waals surface area contributed by atoms with E-state index in [1.54, 1.807) is 0 Å². The third-order valence-electron chi connectivity index (χ3n) is 3.33. The first-order valence-corrected chi connectivity index (χ1v) is 7.22. The van der Waals surface area contributed by atoms with E-state index in [1.165, 1.54) is 5.56 Å². The number of hydrogen-bond donors (Lipinski definition) is 1. The van der Waals surface area contributed by atoms with Crippen LogP contribution in [0.15, 0.2) is 28.7 Å². The average molecular weight is 311 g/mol. The maximum Gasteiger partial charge on any atom is 0.222 e. The number of aryl methyl sites for hydroxylation is 1. The van der Waals surface area contributed by atoms with Crippen LogP contribution in [0.25, 0.3) is 0 Å². The molecule has 1 heterocycles. The van der Waals surface area contributed by atoms with Gasteiger partial charge in [-0.1, -0.05) is 28.1 Å². The van der Waals surface area contributed by atoms with Gasteiger partial charge in [0.15, 0.2) is 0 Å². The molecule has 1 aromatic rings. The molecule has 1 amide bonds. The summed E-state index contributed by atoms with van der Waals surface area (Å²) in [5.41, 5.74) is 7.08. The molecule has 2 rings (SSSR count). The maximum absolute atomic E-state index is 12.1. The highest BCUT2D eigenvalue weighted by Crippen LogP contribution is 2.15. The van der Waals surface area contributed by atoms with Crippen LogP contribution in [0, 0.1) is 0 Å². The van der Waals surface area contributed by atoms with Crippen LogP contribution < -0.4 is 5.73 Å². The maximum atomic E-state index is 12.1. The van der Waals surface area contributed by atoms with E-state index in [1.807, 2.05) is 17.0 Å². The topological polar surface area (TPSA) is 46.3 Å². The minimum atomic E-state index is 0.161. The Balaban J connectivity index is 1.84. The predicted octanol–water partition coefficient (Wildman–Crippen LogP) is 2.33. The van der Waals surface area contributed by atoms with E-state index in [0.717, 1.165) is 36.8 Å². The van der Waals surface area contributed by atoms with Gasteiger partial charge < -0.3 is 10.6 Å². The zero-order valence-corrected chi connectivity index (χ0v) is 12.0. The quantitative estimate of drug-likeness (QED) is 0.931. The van der Waals surface area contributed by atoms with Crippen molar-refractivity contribution in [3.8, 4) is 0 Å². The number of nitrogens with zero attached hydrogens (tertiary/aromatic N) is 1. The molecular weight excluding hydrogens is 292 g/mol. The summed E-state index contributed by atoms with van der Waals surface area (Å²) in [7, 11) is 0. The van der Waals surface area contributed by atoms with E-state index in [0.29, 0.717) is 6.42 Å². The summed E-state index contributed by atoms with van der Waals surface area (Å²) >= 11 is 3.44. The van der Waals surface area contributed by atoms with Crippen molar-refractivity contribution in [2.24, 2.45) is 5.73 Å². The van der Waals surface area contributed by atoms with Gasteiger partial charge in [-0.05, 0) is 37.0 Å². The first-order valence-electron chi connectivity index (χ1n) is 6.43. The van der Waals surface area contributed by atoms with Gasteiger partial charge in [-0.25, -0.2) is 0 Å². The molecule has 0 saturated carbocycles. The third-order valence-corrected chi connectivity index (χ3v) is 3.82. The summed E-state index contributed by atoms with van der Waals surface area (Å²) < 4.78 is 1.06. The molecular formula is C14H19BrN2O. The normalized spacial score (nSPS) is 19.9. The fourth-order valence-corrected chi connectivity index (χ4v) is 2.79. The second kappa shape index (κ2) is 6.34. The van der Waals surface area contributed by atoms with Crippen LogP contribution in [0.3, 0.4) is 0 Å². The van der Waals surface area contributed by atoms with Crippen LogP contribution in [-0.4, -0.2) is 29.9 Å². The van der Waals surface area contributed by atoms with Crippen molar-refractivity contribution in [2.45, 2.75) is 31.7 Å². The van der Waals surface area contributed by atoms with Gasteiger partial charge in [-0.2, -0.15) is 0 Å². The number of piperidine rings is 1. The van der Waals surface area contributed by atoms with E-state index in [-0.39, 0.29) is 11.9 Å². The van der Waals surface area contributed by atoms with Gasteiger partial charge in [0.05, 0.1) is 0 Å². The lowest BCUT2D eigenvalue weighted by molar-refractivity contribution is -0.132. The van der Waals surface area contributed by atoms with Crippen molar-refractivity contribution in [3.05, 3.63) is 34.3 Å². The van der Waals surface area contributed by atoms with E-state index in [9.17, 15) is 4.79 Å². The zero-order chi connectivity index (χ0) is 13.0. The van der Waals surface area contributed by atoms with Crippen LogP contribution in [0.5, 0.6) is 0 Å². The van der Waals surface area contributed by atoms with Crippen LogP contribution in [0.2, 0.25) is 0 Å². The Bertz CT molecular complexity index is 422. The molecule has 1 aliphatic rings. The average Bonchev–Trinajstić information content (AvgIpc) is 2.36. The first kappa shape index (κ1) is 13.6. The molecule has 0 aliphatic carbocycles. The van der Waals surface area contributed by atoms with Crippen LogP contribution in [-0.2, 0) is 11.2 Å². The van der Waals surface area contributed by atoms with Crippen molar-refractivity contribution in [3.63, 3.8) is 0 Å². The Morgan fingerprint density at radius 1 is 1.50 bits per heavy atom. The van der Waals surface area contributed by atoms with Crippen molar-refractivity contribution in [1.29, 1.82) is 0 Å². The number of rotatable bonds is 3. The van der Waals surface area contributed by atoms with E-state index >= 15 is 0 Å². The molecule has 1 unspecified atom stereocenters. The largest absolute Gasteiger partial charge is 0.341 e. The summed E-state index contributed by atoms with van der Waals surface area (Å²) in [5, 5.41) is 0. The highest BCUT2D eigenvalue weighted by molar-refractivity contribution is 9.10. The molecule has 0 spiro atoms. The van der Waals surface area contributed by atoms with E-state index in [4.69, 9.17) is 5.73 Å². The summed E-state index contributed by atoms with van der Waals surface area (Å²) in [6.45, 7) is 1.59. The Kier molecular flexibility index (Phi) is 4.78. The molecule has 0 bridgehead atoms. The number of amides is 1. The van der Waals surface area contributed by atoms with Gasteiger partial charge >= 0.3 is 0 Å².